The summed E-state index contributed by atoms with van der Waals surface area (Å²) in [7, 11) is -1.87. The molecule has 7 heteroatoms. The highest BCUT2D eigenvalue weighted by Crippen LogP contribution is 2.39. The van der Waals surface area contributed by atoms with Crippen LogP contribution in [0.15, 0.2) is 24.3 Å². The quantitative estimate of drug-likeness (QED) is 0.854. The summed E-state index contributed by atoms with van der Waals surface area (Å²) in [6.45, 7) is 0.690. The Morgan fingerprint density at radius 1 is 1.35 bits per heavy atom. The number of ether oxygens (including phenoxy) is 3. The summed E-state index contributed by atoms with van der Waals surface area (Å²) < 4.78 is 43.9. The molecule has 0 unspecified atom stereocenters. The minimum atomic E-state index is -3.42. The Bertz CT molecular complexity index is 640. The number of sulfonamides is 1. The van der Waals surface area contributed by atoms with E-state index in [1.54, 1.807) is 31.4 Å². The third-order valence-electron chi connectivity index (χ3n) is 4.30. The molecule has 1 spiro atoms. The van der Waals surface area contributed by atoms with Gasteiger partial charge in [-0.1, -0.05) is 12.1 Å². The molecule has 1 aromatic carbocycles. The maximum Gasteiger partial charge on any atom is 0.215 e. The molecule has 128 valence electrons. The molecule has 1 atom stereocenters. The van der Waals surface area contributed by atoms with E-state index in [2.05, 4.69) is 4.72 Å². The van der Waals surface area contributed by atoms with Crippen LogP contribution in [0.4, 0.5) is 0 Å². The van der Waals surface area contributed by atoms with Crippen molar-refractivity contribution in [2.24, 2.45) is 0 Å². The average Bonchev–Trinajstić information content (AvgIpc) is 3.15. The molecule has 1 saturated carbocycles. The normalized spacial score (nSPS) is 23.4. The first-order valence-corrected chi connectivity index (χ1v) is 9.58. The fraction of sp³-hybridized carbons (Fsp3) is 0.625. The van der Waals surface area contributed by atoms with Crippen molar-refractivity contribution in [3.05, 3.63) is 29.8 Å². The lowest BCUT2D eigenvalue weighted by molar-refractivity contribution is -0.160. The lowest BCUT2D eigenvalue weighted by Gasteiger charge is -2.21. The molecule has 1 N–H and O–H groups in total. The number of nitrogens with one attached hydrogen (secondary N) is 1. The lowest BCUT2D eigenvalue weighted by atomic mass is 10.2. The fourth-order valence-corrected chi connectivity index (χ4v) is 4.31. The molecule has 0 amide bonds. The van der Waals surface area contributed by atoms with Crippen LogP contribution < -0.4 is 9.46 Å². The largest absolute Gasteiger partial charge is 0.497 e. The van der Waals surface area contributed by atoms with Crippen LogP contribution in [0, 0.1) is 0 Å². The smallest absolute Gasteiger partial charge is 0.215 e. The van der Waals surface area contributed by atoms with Gasteiger partial charge in [-0.25, -0.2) is 13.1 Å². The van der Waals surface area contributed by atoms with Crippen LogP contribution in [-0.4, -0.2) is 40.6 Å². The molecule has 0 bridgehead atoms. The molecular weight excluding hydrogens is 318 g/mol. The molecule has 23 heavy (non-hydrogen) atoms. The van der Waals surface area contributed by atoms with E-state index in [1.165, 1.54) is 0 Å². The highest BCUT2D eigenvalue weighted by molar-refractivity contribution is 7.88. The zero-order chi connectivity index (χ0) is 16.3. The second-order valence-electron chi connectivity index (χ2n) is 6.13. The van der Waals surface area contributed by atoms with Gasteiger partial charge in [0.2, 0.25) is 10.0 Å². The van der Waals surface area contributed by atoms with Gasteiger partial charge in [0.25, 0.3) is 0 Å². The Balaban J connectivity index is 1.52. The minimum absolute atomic E-state index is 0.0804. The van der Waals surface area contributed by atoms with Crippen molar-refractivity contribution >= 4 is 10.0 Å². The van der Waals surface area contributed by atoms with Gasteiger partial charge in [0.1, 0.15) is 5.75 Å². The van der Waals surface area contributed by atoms with E-state index in [1.807, 2.05) is 0 Å². The van der Waals surface area contributed by atoms with E-state index < -0.39 is 15.8 Å². The van der Waals surface area contributed by atoms with Gasteiger partial charge in [0.15, 0.2) is 5.79 Å². The second-order valence-corrected chi connectivity index (χ2v) is 7.93. The van der Waals surface area contributed by atoms with Gasteiger partial charge in [-0.15, -0.1) is 0 Å². The third kappa shape index (κ3) is 4.23. The van der Waals surface area contributed by atoms with Crippen molar-refractivity contribution in [1.82, 2.24) is 4.72 Å². The number of hydrogen-bond donors (Lipinski definition) is 1. The summed E-state index contributed by atoms with van der Waals surface area (Å²) in [6.07, 6.45) is 3.80. The molecule has 0 radical (unpaired) electrons. The van der Waals surface area contributed by atoms with Crippen LogP contribution in [-0.2, 0) is 25.2 Å². The average molecular weight is 341 g/mol. The van der Waals surface area contributed by atoms with Gasteiger partial charge in [-0.05, 0) is 30.5 Å². The predicted octanol–water partition coefficient (Wildman–Crippen LogP) is 1.80. The fourth-order valence-electron chi connectivity index (χ4n) is 3.15. The maximum absolute atomic E-state index is 12.2. The van der Waals surface area contributed by atoms with Gasteiger partial charge >= 0.3 is 0 Å². The number of rotatable bonds is 6. The number of hydrogen-bond acceptors (Lipinski definition) is 5. The second kappa shape index (κ2) is 6.76. The summed E-state index contributed by atoms with van der Waals surface area (Å²) in [5.74, 6) is 0.111. The van der Waals surface area contributed by atoms with Gasteiger partial charge in [0.05, 0.1) is 25.6 Å². The van der Waals surface area contributed by atoms with Crippen molar-refractivity contribution < 1.29 is 22.6 Å². The van der Waals surface area contributed by atoms with E-state index in [0.29, 0.717) is 17.9 Å². The van der Waals surface area contributed by atoms with Crippen molar-refractivity contribution in [3.63, 3.8) is 0 Å². The Morgan fingerprint density at radius 2 is 2.13 bits per heavy atom. The monoisotopic (exact) mass is 341 g/mol. The maximum atomic E-state index is 12.2. The van der Waals surface area contributed by atoms with Gasteiger partial charge in [0, 0.05) is 19.4 Å². The highest BCUT2D eigenvalue weighted by Gasteiger charge is 2.43. The standard InChI is InChI=1S/C16H23NO5S/c1-20-14-6-4-5-13(9-14)12-23(18,19)17-10-15-11-21-16(22-15)7-2-3-8-16/h4-6,9,15,17H,2-3,7-8,10-12H2,1H3/t15-/m0/s1. The molecule has 1 aromatic rings. The Morgan fingerprint density at radius 3 is 2.87 bits per heavy atom. The summed E-state index contributed by atoms with van der Waals surface area (Å²) >= 11 is 0. The Hall–Kier alpha value is -1.15. The highest BCUT2D eigenvalue weighted by atomic mass is 32.2. The lowest BCUT2D eigenvalue weighted by Crippen LogP contribution is -2.35. The molecule has 3 rings (SSSR count). The van der Waals surface area contributed by atoms with Crippen LogP contribution in [0.3, 0.4) is 0 Å². The SMILES string of the molecule is COc1cccc(CS(=O)(=O)NC[C@H]2COC3(CCCC3)O2)c1. The molecule has 2 aliphatic rings. The summed E-state index contributed by atoms with van der Waals surface area (Å²) in [5.41, 5.74) is 0.688. The minimum Gasteiger partial charge on any atom is -0.497 e. The van der Waals surface area contributed by atoms with Crippen molar-refractivity contribution in [2.45, 2.75) is 43.3 Å². The molecule has 1 aliphatic carbocycles. The van der Waals surface area contributed by atoms with Crippen LogP contribution in [0.25, 0.3) is 0 Å². The van der Waals surface area contributed by atoms with E-state index in [0.717, 1.165) is 25.7 Å². The molecule has 1 saturated heterocycles. The molecular formula is C16H23NO5S. The molecule has 2 fully saturated rings. The van der Waals surface area contributed by atoms with Crippen LogP contribution in [0.1, 0.15) is 31.2 Å². The van der Waals surface area contributed by atoms with Crippen LogP contribution in [0.5, 0.6) is 5.75 Å². The van der Waals surface area contributed by atoms with Crippen LogP contribution in [0.2, 0.25) is 0 Å². The Kier molecular flexibility index (Phi) is 4.91. The van der Waals surface area contributed by atoms with Gasteiger partial charge < -0.3 is 14.2 Å². The first-order chi connectivity index (χ1) is 11.0. The molecule has 1 aliphatic heterocycles. The summed E-state index contributed by atoms with van der Waals surface area (Å²) in [4.78, 5) is 0. The van der Waals surface area contributed by atoms with Crippen LogP contribution >= 0.6 is 0 Å². The van der Waals surface area contributed by atoms with Gasteiger partial charge in [-0.2, -0.15) is 0 Å². The summed E-state index contributed by atoms with van der Waals surface area (Å²) in [5, 5.41) is 0. The Labute approximate surface area is 137 Å². The summed E-state index contributed by atoms with van der Waals surface area (Å²) in [6, 6.07) is 7.06. The number of methoxy groups -OCH3 is 1. The van der Waals surface area contributed by atoms with E-state index in [4.69, 9.17) is 14.2 Å². The molecule has 0 aromatic heterocycles. The zero-order valence-corrected chi connectivity index (χ0v) is 14.1. The third-order valence-corrected chi connectivity index (χ3v) is 5.62. The van der Waals surface area contributed by atoms with Crippen molar-refractivity contribution in [1.29, 1.82) is 0 Å². The first-order valence-electron chi connectivity index (χ1n) is 7.92. The van der Waals surface area contributed by atoms with Crippen molar-refractivity contribution in [2.75, 3.05) is 20.3 Å². The molecule has 1 heterocycles. The predicted molar refractivity (Wildman–Crippen MR) is 85.6 cm³/mol. The van der Waals surface area contributed by atoms with E-state index >= 15 is 0 Å². The number of benzene rings is 1. The van der Waals surface area contributed by atoms with Gasteiger partial charge in [-0.3, -0.25) is 0 Å². The molecule has 6 nitrogen and oxygen atoms in total. The van der Waals surface area contributed by atoms with E-state index in [9.17, 15) is 8.42 Å². The first kappa shape index (κ1) is 16.7. The zero-order valence-electron chi connectivity index (χ0n) is 13.3. The topological polar surface area (TPSA) is 73.9 Å². The van der Waals surface area contributed by atoms with E-state index in [-0.39, 0.29) is 18.4 Å². The van der Waals surface area contributed by atoms with Crippen molar-refractivity contribution in [3.8, 4) is 5.75 Å².